The van der Waals surface area contributed by atoms with Gasteiger partial charge in [0.1, 0.15) is 0 Å². The summed E-state index contributed by atoms with van der Waals surface area (Å²) in [4.78, 5) is 20.8. The average Bonchev–Trinajstić information content (AvgIpc) is 3.22. The molecule has 1 amide bonds. The first-order chi connectivity index (χ1) is 12.1. The van der Waals surface area contributed by atoms with E-state index in [9.17, 15) is 4.79 Å². The quantitative estimate of drug-likeness (QED) is 0.739. The molecule has 0 saturated heterocycles. The smallest absolute Gasteiger partial charge is 0.258 e. The molecule has 1 N–H and O–H groups in total. The number of carbonyl (C=O) groups excluding carboxylic acids is 1. The standard InChI is InChI=1S/C17H20N6O2/c1-4-6-14-21-17(25-22-14)12-7-8-19-15(9-12)23-11(3)13(10-20-23)16(24)18-5-2/h7-10H,4-6H2,1-3H3,(H,18,24). The molecular weight excluding hydrogens is 320 g/mol. The van der Waals surface area contributed by atoms with Crippen molar-refractivity contribution in [2.24, 2.45) is 0 Å². The highest BCUT2D eigenvalue weighted by molar-refractivity contribution is 5.95. The van der Waals surface area contributed by atoms with Crippen molar-refractivity contribution in [1.29, 1.82) is 0 Å². The van der Waals surface area contributed by atoms with E-state index in [1.807, 2.05) is 19.9 Å². The largest absolute Gasteiger partial charge is 0.352 e. The molecule has 0 aliphatic carbocycles. The summed E-state index contributed by atoms with van der Waals surface area (Å²) < 4.78 is 6.94. The number of aromatic nitrogens is 5. The zero-order valence-electron chi connectivity index (χ0n) is 14.5. The Morgan fingerprint density at radius 3 is 2.96 bits per heavy atom. The van der Waals surface area contributed by atoms with E-state index < -0.39 is 0 Å². The third-order valence-corrected chi connectivity index (χ3v) is 3.74. The lowest BCUT2D eigenvalue weighted by molar-refractivity contribution is 0.0955. The molecule has 3 rings (SSSR count). The molecule has 0 atom stereocenters. The monoisotopic (exact) mass is 340 g/mol. The zero-order valence-corrected chi connectivity index (χ0v) is 14.5. The van der Waals surface area contributed by atoms with Crippen LogP contribution in [0.25, 0.3) is 17.3 Å². The summed E-state index contributed by atoms with van der Waals surface area (Å²) in [6.45, 7) is 6.33. The topological polar surface area (TPSA) is 98.7 Å². The van der Waals surface area contributed by atoms with E-state index in [1.165, 1.54) is 0 Å². The predicted octanol–water partition coefficient (Wildman–Crippen LogP) is 2.33. The van der Waals surface area contributed by atoms with Crippen molar-refractivity contribution in [3.8, 4) is 17.3 Å². The maximum absolute atomic E-state index is 12.0. The fourth-order valence-electron chi connectivity index (χ4n) is 2.48. The molecule has 3 heterocycles. The fourth-order valence-corrected chi connectivity index (χ4v) is 2.48. The first-order valence-electron chi connectivity index (χ1n) is 8.26. The van der Waals surface area contributed by atoms with Gasteiger partial charge in [-0.15, -0.1) is 0 Å². The van der Waals surface area contributed by atoms with Crippen molar-refractivity contribution in [2.75, 3.05) is 6.54 Å². The van der Waals surface area contributed by atoms with E-state index in [2.05, 4.69) is 32.5 Å². The minimum Gasteiger partial charge on any atom is -0.352 e. The second-order valence-corrected chi connectivity index (χ2v) is 5.58. The fraction of sp³-hybridized carbons (Fsp3) is 0.353. The van der Waals surface area contributed by atoms with Gasteiger partial charge in [0, 0.05) is 24.7 Å². The maximum atomic E-state index is 12.0. The van der Waals surface area contributed by atoms with Crippen molar-refractivity contribution < 1.29 is 9.32 Å². The van der Waals surface area contributed by atoms with E-state index in [-0.39, 0.29) is 5.91 Å². The van der Waals surface area contributed by atoms with Gasteiger partial charge in [0.15, 0.2) is 11.6 Å². The number of pyridine rings is 1. The van der Waals surface area contributed by atoms with Crippen LogP contribution in [0.1, 0.15) is 42.1 Å². The highest BCUT2D eigenvalue weighted by Crippen LogP contribution is 2.20. The van der Waals surface area contributed by atoms with Crippen molar-refractivity contribution in [1.82, 2.24) is 30.2 Å². The number of aryl methyl sites for hydroxylation is 1. The van der Waals surface area contributed by atoms with Crippen LogP contribution >= 0.6 is 0 Å². The summed E-state index contributed by atoms with van der Waals surface area (Å²) in [7, 11) is 0. The Morgan fingerprint density at radius 1 is 1.36 bits per heavy atom. The van der Waals surface area contributed by atoms with E-state index >= 15 is 0 Å². The van der Waals surface area contributed by atoms with Crippen LogP contribution in [0.5, 0.6) is 0 Å². The van der Waals surface area contributed by atoms with E-state index in [1.54, 1.807) is 23.1 Å². The third-order valence-electron chi connectivity index (χ3n) is 3.74. The van der Waals surface area contributed by atoms with Crippen LogP contribution in [0.15, 0.2) is 29.0 Å². The van der Waals surface area contributed by atoms with Crippen LogP contribution in [-0.2, 0) is 6.42 Å². The number of hydrogen-bond donors (Lipinski definition) is 1. The zero-order chi connectivity index (χ0) is 17.8. The van der Waals surface area contributed by atoms with Crippen LogP contribution in [0.3, 0.4) is 0 Å². The molecule has 8 heteroatoms. The summed E-state index contributed by atoms with van der Waals surface area (Å²) >= 11 is 0. The minimum atomic E-state index is -0.150. The Bertz CT molecular complexity index is 883. The summed E-state index contributed by atoms with van der Waals surface area (Å²) in [5.41, 5.74) is 2.00. The third kappa shape index (κ3) is 3.42. The summed E-state index contributed by atoms with van der Waals surface area (Å²) in [5, 5.41) is 11.0. The average molecular weight is 340 g/mol. The maximum Gasteiger partial charge on any atom is 0.258 e. The minimum absolute atomic E-state index is 0.150. The van der Waals surface area contributed by atoms with Gasteiger partial charge in [-0.3, -0.25) is 4.79 Å². The molecule has 3 aromatic heterocycles. The first-order valence-corrected chi connectivity index (χ1v) is 8.26. The summed E-state index contributed by atoms with van der Waals surface area (Å²) in [5.74, 6) is 1.56. The van der Waals surface area contributed by atoms with Gasteiger partial charge < -0.3 is 9.84 Å². The first kappa shape index (κ1) is 16.8. The molecule has 0 fully saturated rings. The van der Waals surface area contributed by atoms with Crippen molar-refractivity contribution in [3.05, 3.63) is 41.6 Å². The molecular formula is C17H20N6O2. The highest BCUT2D eigenvalue weighted by atomic mass is 16.5. The van der Waals surface area contributed by atoms with Crippen LogP contribution in [-0.4, -0.2) is 37.4 Å². The lowest BCUT2D eigenvalue weighted by Gasteiger charge is -2.05. The second kappa shape index (κ2) is 7.25. The molecule has 8 nitrogen and oxygen atoms in total. The molecule has 130 valence electrons. The van der Waals surface area contributed by atoms with Crippen molar-refractivity contribution in [2.45, 2.75) is 33.6 Å². The van der Waals surface area contributed by atoms with Gasteiger partial charge in [0.25, 0.3) is 11.8 Å². The SMILES string of the molecule is CCCc1noc(-c2ccnc(-n3ncc(C(=O)NCC)c3C)c2)n1. The van der Waals surface area contributed by atoms with Gasteiger partial charge in [-0.05, 0) is 32.4 Å². The summed E-state index contributed by atoms with van der Waals surface area (Å²) in [6.07, 6.45) is 4.92. The van der Waals surface area contributed by atoms with Crippen molar-refractivity contribution in [3.63, 3.8) is 0 Å². The van der Waals surface area contributed by atoms with Crippen molar-refractivity contribution >= 4 is 5.91 Å². The molecule has 0 aromatic carbocycles. The number of nitrogens with one attached hydrogen (secondary N) is 1. The molecule has 0 radical (unpaired) electrons. The van der Waals surface area contributed by atoms with Gasteiger partial charge in [0.05, 0.1) is 17.5 Å². The number of nitrogens with zero attached hydrogens (tertiary/aromatic N) is 5. The Balaban J connectivity index is 1.92. The van der Waals surface area contributed by atoms with Crippen LogP contribution in [0, 0.1) is 6.92 Å². The Hall–Kier alpha value is -3.03. The Morgan fingerprint density at radius 2 is 2.20 bits per heavy atom. The van der Waals surface area contributed by atoms with Gasteiger partial charge in [-0.1, -0.05) is 12.1 Å². The van der Waals surface area contributed by atoms with E-state index in [4.69, 9.17) is 4.52 Å². The predicted molar refractivity (Wildman–Crippen MR) is 91.4 cm³/mol. The van der Waals surface area contributed by atoms with Gasteiger partial charge in [0.2, 0.25) is 0 Å². The number of rotatable bonds is 6. The molecule has 3 aromatic rings. The van der Waals surface area contributed by atoms with Gasteiger partial charge in [-0.2, -0.15) is 10.1 Å². The van der Waals surface area contributed by atoms with Gasteiger partial charge >= 0.3 is 0 Å². The van der Waals surface area contributed by atoms with Gasteiger partial charge in [-0.25, -0.2) is 9.67 Å². The molecule has 0 unspecified atom stereocenters. The molecule has 0 aliphatic rings. The Kier molecular flexibility index (Phi) is 4.87. The molecule has 0 aliphatic heterocycles. The normalized spacial score (nSPS) is 10.8. The lowest BCUT2D eigenvalue weighted by atomic mass is 10.2. The molecule has 25 heavy (non-hydrogen) atoms. The number of carbonyl (C=O) groups is 1. The summed E-state index contributed by atoms with van der Waals surface area (Å²) in [6, 6.07) is 3.61. The molecule has 0 saturated carbocycles. The van der Waals surface area contributed by atoms with Crippen LogP contribution in [0.4, 0.5) is 0 Å². The second-order valence-electron chi connectivity index (χ2n) is 5.58. The van der Waals surface area contributed by atoms with Crippen LogP contribution < -0.4 is 5.32 Å². The highest BCUT2D eigenvalue weighted by Gasteiger charge is 2.16. The molecule has 0 bridgehead atoms. The Labute approximate surface area is 145 Å². The van der Waals surface area contributed by atoms with E-state index in [0.29, 0.717) is 35.3 Å². The molecule has 0 spiro atoms. The number of hydrogen-bond acceptors (Lipinski definition) is 6. The van der Waals surface area contributed by atoms with Crippen LogP contribution in [0.2, 0.25) is 0 Å². The lowest BCUT2D eigenvalue weighted by Crippen LogP contribution is -2.23. The van der Waals surface area contributed by atoms with E-state index in [0.717, 1.165) is 18.4 Å². The number of amides is 1.